The van der Waals surface area contributed by atoms with Gasteiger partial charge in [-0.3, -0.25) is 0 Å². The Labute approximate surface area is 46.0 Å². The van der Waals surface area contributed by atoms with Crippen LogP contribution in [-0.2, 0) is 14.8 Å². The molecular weight excluding hydrogens is 119 g/mol. The average Bonchev–Trinajstić information content (AvgIpc) is 2.14. The molecule has 0 N–H and O–H groups in total. The van der Waals surface area contributed by atoms with Gasteiger partial charge in [0.2, 0.25) is 0 Å². The predicted molar refractivity (Wildman–Crippen MR) is 22.6 cm³/mol. The first kappa shape index (κ1) is 5.31. The first-order valence-corrected chi connectivity index (χ1v) is 2.48. The van der Waals surface area contributed by atoms with Crippen LogP contribution < -0.4 is 0 Å². The number of alkyl halides is 1. The maximum Gasteiger partial charge on any atom is 0.136 e. The van der Waals surface area contributed by atoms with Crippen molar-refractivity contribution in [2.24, 2.45) is 0 Å². The lowest BCUT2D eigenvalue weighted by Gasteiger charge is -1.92. The van der Waals surface area contributed by atoms with Crippen LogP contribution in [0.1, 0.15) is 0 Å². The number of halogens is 1. The summed E-state index contributed by atoms with van der Waals surface area (Å²) < 4.78 is 0. The Morgan fingerprint density at radius 1 is 1.71 bits per heavy atom. The second-order valence-electron chi connectivity index (χ2n) is 1.23. The molecule has 0 aliphatic carbocycles. The molecule has 3 nitrogen and oxygen atoms in total. The average molecular weight is 125 g/mol. The zero-order chi connectivity index (χ0) is 5.11. The van der Waals surface area contributed by atoms with E-state index in [-0.39, 0.29) is 6.10 Å². The molecule has 1 aliphatic rings. The molecular formula is C3H5ClO3. The van der Waals surface area contributed by atoms with Gasteiger partial charge in [0, 0.05) is 0 Å². The van der Waals surface area contributed by atoms with E-state index in [2.05, 4.69) is 14.8 Å². The van der Waals surface area contributed by atoms with Gasteiger partial charge in [0.05, 0.1) is 5.88 Å². The first-order chi connectivity index (χ1) is 3.43. The fourth-order valence-corrected chi connectivity index (χ4v) is 0.426. The fourth-order valence-electron chi connectivity index (χ4n) is 0.285. The maximum absolute atomic E-state index is 5.32. The number of hydrogen-bond acceptors (Lipinski definition) is 3. The largest absolute Gasteiger partial charge is 0.203 e. The van der Waals surface area contributed by atoms with E-state index >= 15 is 0 Å². The van der Waals surface area contributed by atoms with Crippen LogP contribution in [0.3, 0.4) is 0 Å². The third-order valence-electron chi connectivity index (χ3n) is 0.650. The van der Waals surface area contributed by atoms with Crippen LogP contribution in [0.4, 0.5) is 0 Å². The van der Waals surface area contributed by atoms with Crippen LogP contribution in [0.2, 0.25) is 0 Å². The number of rotatable bonds is 1. The van der Waals surface area contributed by atoms with E-state index in [1.165, 1.54) is 0 Å². The second kappa shape index (κ2) is 2.47. The highest BCUT2D eigenvalue weighted by atomic mass is 35.5. The first-order valence-electron chi connectivity index (χ1n) is 1.94. The Morgan fingerprint density at radius 3 is 2.86 bits per heavy atom. The van der Waals surface area contributed by atoms with Crippen LogP contribution in [0.5, 0.6) is 0 Å². The zero-order valence-corrected chi connectivity index (χ0v) is 4.35. The third kappa shape index (κ3) is 1.28. The van der Waals surface area contributed by atoms with Crippen molar-refractivity contribution < 1.29 is 14.8 Å². The summed E-state index contributed by atoms with van der Waals surface area (Å²) >= 11 is 5.32. The molecule has 4 heteroatoms. The molecule has 1 aliphatic heterocycles. The minimum absolute atomic E-state index is 0.0818. The highest BCUT2D eigenvalue weighted by Gasteiger charge is 2.16. The standard InChI is InChI=1S/C3H5ClO3/c4-1-3-2-5-7-6-3/h3H,1-2H2. The van der Waals surface area contributed by atoms with E-state index in [0.29, 0.717) is 12.5 Å². The summed E-state index contributed by atoms with van der Waals surface area (Å²) in [6.07, 6.45) is -0.0818. The molecule has 0 bridgehead atoms. The van der Waals surface area contributed by atoms with E-state index in [1.807, 2.05) is 0 Å². The summed E-state index contributed by atoms with van der Waals surface area (Å²) in [5, 5.41) is 4.06. The van der Waals surface area contributed by atoms with Crippen molar-refractivity contribution in [3.63, 3.8) is 0 Å². The van der Waals surface area contributed by atoms with Gasteiger partial charge in [0.25, 0.3) is 0 Å². The minimum atomic E-state index is -0.0818. The lowest BCUT2D eigenvalue weighted by Crippen LogP contribution is -2.09. The quantitative estimate of drug-likeness (QED) is 0.376. The van der Waals surface area contributed by atoms with E-state index in [1.54, 1.807) is 0 Å². The van der Waals surface area contributed by atoms with E-state index in [9.17, 15) is 0 Å². The molecule has 1 atom stereocenters. The van der Waals surface area contributed by atoms with Gasteiger partial charge < -0.3 is 0 Å². The summed E-state index contributed by atoms with van der Waals surface area (Å²) in [7, 11) is 0. The van der Waals surface area contributed by atoms with Crippen molar-refractivity contribution in [1.82, 2.24) is 0 Å². The molecule has 0 amide bonds. The van der Waals surface area contributed by atoms with Crippen molar-refractivity contribution in [2.75, 3.05) is 12.5 Å². The molecule has 7 heavy (non-hydrogen) atoms. The lowest BCUT2D eigenvalue weighted by molar-refractivity contribution is -0.459. The van der Waals surface area contributed by atoms with Crippen molar-refractivity contribution >= 4 is 11.6 Å². The van der Waals surface area contributed by atoms with Gasteiger partial charge in [0.15, 0.2) is 0 Å². The fraction of sp³-hybridized carbons (Fsp3) is 1.00. The van der Waals surface area contributed by atoms with Crippen LogP contribution >= 0.6 is 11.6 Å². The van der Waals surface area contributed by atoms with Gasteiger partial charge in [0.1, 0.15) is 12.7 Å². The highest BCUT2D eigenvalue weighted by Crippen LogP contribution is 2.04. The van der Waals surface area contributed by atoms with Gasteiger partial charge >= 0.3 is 0 Å². The van der Waals surface area contributed by atoms with Crippen molar-refractivity contribution in [3.05, 3.63) is 0 Å². The molecule has 1 rings (SSSR count). The molecule has 42 valence electrons. The minimum Gasteiger partial charge on any atom is -0.203 e. The predicted octanol–water partition coefficient (Wildman–Crippen LogP) is 0.487. The Morgan fingerprint density at radius 2 is 2.57 bits per heavy atom. The lowest BCUT2D eigenvalue weighted by atomic mass is 10.5. The third-order valence-corrected chi connectivity index (χ3v) is 0.994. The van der Waals surface area contributed by atoms with Gasteiger partial charge in [-0.05, 0) is 0 Å². The Bertz CT molecular complexity index is 52.1. The molecule has 0 radical (unpaired) electrons. The van der Waals surface area contributed by atoms with Crippen molar-refractivity contribution in [1.29, 1.82) is 0 Å². The van der Waals surface area contributed by atoms with Crippen molar-refractivity contribution in [2.45, 2.75) is 6.10 Å². The summed E-state index contributed by atoms with van der Waals surface area (Å²) in [5.74, 6) is 0.417. The van der Waals surface area contributed by atoms with Crippen LogP contribution in [0, 0.1) is 0 Å². The second-order valence-corrected chi connectivity index (χ2v) is 1.53. The molecule has 0 aromatic rings. The molecule has 0 aromatic heterocycles. The Hall–Kier alpha value is 0.170. The van der Waals surface area contributed by atoms with Gasteiger partial charge in [-0.25, -0.2) is 4.89 Å². The monoisotopic (exact) mass is 124 g/mol. The van der Waals surface area contributed by atoms with Crippen LogP contribution in [-0.4, -0.2) is 18.6 Å². The Kier molecular flexibility index (Phi) is 1.87. The highest BCUT2D eigenvalue weighted by molar-refractivity contribution is 6.18. The smallest absolute Gasteiger partial charge is 0.136 e. The molecule has 1 unspecified atom stereocenters. The van der Waals surface area contributed by atoms with Gasteiger partial charge in [-0.15, -0.1) is 11.6 Å². The molecule has 1 heterocycles. The van der Waals surface area contributed by atoms with Crippen LogP contribution in [0.15, 0.2) is 0 Å². The molecule has 0 spiro atoms. The maximum atomic E-state index is 5.32. The molecule has 1 saturated heterocycles. The SMILES string of the molecule is ClCC1COOO1. The van der Waals surface area contributed by atoms with Crippen molar-refractivity contribution in [3.8, 4) is 0 Å². The summed E-state index contributed by atoms with van der Waals surface area (Å²) in [6, 6.07) is 0. The number of hydrogen-bond donors (Lipinski definition) is 0. The van der Waals surface area contributed by atoms with E-state index in [4.69, 9.17) is 11.6 Å². The molecule has 1 fully saturated rings. The summed E-state index contributed by atoms with van der Waals surface area (Å²) in [4.78, 5) is 8.79. The Balaban J connectivity index is 2.14. The molecule has 0 aromatic carbocycles. The summed E-state index contributed by atoms with van der Waals surface area (Å²) in [6.45, 7) is 0.434. The van der Waals surface area contributed by atoms with Gasteiger partial charge in [-0.2, -0.15) is 4.89 Å². The normalized spacial score (nSPS) is 31.3. The molecule has 0 saturated carbocycles. The summed E-state index contributed by atoms with van der Waals surface area (Å²) in [5.41, 5.74) is 0. The van der Waals surface area contributed by atoms with Crippen LogP contribution in [0.25, 0.3) is 0 Å². The zero-order valence-electron chi connectivity index (χ0n) is 3.59. The van der Waals surface area contributed by atoms with E-state index < -0.39 is 0 Å². The topological polar surface area (TPSA) is 27.7 Å². The van der Waals surface area contributed by atoms with E-state index in [0.717, 1.165) is 0 Å². The van der Waals surface area contributed by atoms with Gasteiger partial charge in [-0.1, -0.05) is 5.04 Å².